The van der Waals surface area contributed by atoms with Gasteiger partial charge in [0.25, 0.3) is 5.89 Å². The molecule has 1 aromatic carbocycles. The van der Waals surface area contributed by atoms with Crippen LogP contribution in [0.3, 0.4) is 0 Å². The Morgan fingerprint density at radius 1 is 1.24 bits per heavy atom. The number of aliphatic hydroxyl groups is 1. The third kappa shape index (κ3) is 3.61. The van der Waals surface area contributed by atoms with Gasteiger partial charge in [0, 0.05) is 19.6 Å². The minimum atomic E-state index is -1.03. The summed E-state index contributed by atoms with van der Waals surface area (Å²) in [6, 6.07) is 10.4. The van der Waals surface area contributed by atoms with Gasteiger partial charge >= 0.3 is 0 Å². The molecule has 1 saturated carbocycles. The second kappa shape index (κ2) is 6.52. The number of rotatable bonds is 5. The summed E-state index contributed by atoms with van der Waals surface area (Å²) in [6.07, 6.45) is 1.87. The van der Waals surface area contributed by atoms with Crippen LogP contribution in [0.1, 0.15) is 50.1 Å². The van der Waals surface area contributed by atoms with Crippen LogP contribution in [0.4, 0.5) is 0 Å². The Morgan fingerprint density at radius 3 is 2.72 bits per heavy atom. The van der Waals surface area contributed by atoms with Gasteiger partial charge < -0.3 is 14.4 Å². The highest BCUT2D eigenvalue weighted by atomic mass is 16.5. The monoisotopic (exact) mass is 343 g/mol. The zero-order valence-electron chi connectivity index (χ0n) is 14.8. The Hall–Kier alpha value is -1.76. The maximum Gasteiger partial charge on any atom is 0.258 e. The first-order valence-electron chi connectivity index (χ1n) is 9.00. The van der Waals surface area contributed by atoms with Crippen LogP contribution >= 0.6 is 0 Å². The van der Waals surface area contributed by atoms with E-state index in [2.05, 4.69) is 46.2 Å². The fourth-order valence-corrected chi connectivity index (χ4v) is 3.54. The average Bonchev–Trinajstić information content (AvgIpc) is 3.33. The number of hydrogen-bond donors (Lipinski definition) is 1. The van der Waals surface area contributed by atoms with Gasteiger partial charge in [-0.3, -0.25) is 4.90 Å². The highest BCUT2D eigenvalue weighted by Crippen LogP contribution is 2.45. The molecule has 0 spiro atoms. The number of nitrogens with zero attached hydrogens (tertiary/aromatic N) is 3. The fourth-order valence-electron chi connectivity index (χ4n) is 3.54. The molecule has 1 aromatic heterocycles. The van der Waals surface area contributed by atoms with Crippen LogP contribution in [0.15, 0.2) is 34.9 Å². The molecule has 1 aliphatic carbocycles. The Kier molecular flexibility index (Phi) is 4.35. The molecule has 3 atom stereocenters. The van der Waals surface area contributed by atoms with Crippen molar-refractivity contribution in [2.75, 3.05) is 13.1 Å². The quantitative estimate of drug-likeness (QED) is 0.900. The van der Waals surface area contributed by atoms with Gasteiger partial charge in [-0.25, -0.2) is 0 Å². The van der Waals surface area contributed by atoms with Gasteiger partial charge in [-0.2, -0.15) is 4.98 Å². The smallest absolute Gasteiger partial charge is 0.258 e. The molecule has 1 aliphatic heterocycles. The van der Waals surface area contributed by atoms with Gasteiger partial charge in [-0.1, -0.05) is 35.5 Å². The number of aromatic nitrogens is 2. The van der Waals surface area contributed by atoms with Crippen LogP contribution < -0.4 is 0 Å². The van der Waals surface area contributed by atoms with Crippen LogP contribution in [-0.4, -0.2) is 39.3 Å². The predicted octanol–water partition coefficient (Wildman–Crippen LogP) is 2.65. The van der Waals surface area contributed by atoms with Crippen molar-refractivity contribution in [3.05, 3.63) is 47.6 Å². The van der Waals surface area contributed by atoms with Gasteiger partial charge in [-0.05, 0) is 38.2 Å². The lowest BCUT2D eigenvalue weighted by molar-refractivity contribution is -0.0856. The minimum absolute atomic E-state index is 0.0911. The molecule has 0 radical (unpaired) electrons. The summed E-state index contributed by atoms with van der Waals surface area (Å²) >= 11 is 0. The third-order valence-electron chi connectivity index (χ3n) is 5.12. The van der Waals surface area contributed by atoms with E-state index in [1.165, 1.54) is 5.56 Å². The van der Waals surface area contributed by atoms with Crippen LogP contribution in [-0.2, 0) is 16.9 Å². The van der Waals surface area contributed by atoms with Crippen molar-refractivity contribution in [2.24, 2.45) is 5.92 Å². The number of morpholine rings is 1. The van der Waals surface area contributed by atoms with Crippen molar-refractivity contribution in [3.8, 4) is 0 Å². The van der Waals surface area contributed by atoms with Crippen molar-refractivity contribution >= 4 is 0 Å². The first-order chi connectivity index (χ1) is 12.0. The van der Waals surface area contributed by atoms with E-state index in [4.69, 9.17) is 9.26 Å². The van der Waals surface area contributed by atoms with Gasteiger partial charge in [0.15, 0.2) is 0 Å². The highest BCUT2D eigenvalue weighted by Gasteiger charge is 2.46. The standard InChI is InChI=1S/C19H25N3O3/c1-13-10-22(11-14-6-4-3-5-7-14)12-16(24-13)17-20-18(25-21-17)19(2,23)15-8-9-15/h3-7,13,15-16,23H,8-12H2,1-2H3/t13-,16-,19?/m1/s1. The lowest BCUT2D eigenvalue weighted by Crippen LogP contribution is -2.42. The summed E-state index contributed by atoms with van der Waals surface area (Å²) in [5.41, 5.74) is 0.246. The molecule has 2 aromatic rings. The maximum atomic E-state index is 10.6. The van der Waals surface area contributed by atoms with Gasteiger partial charge in [0.2, 0.25) is 5.82 Å². The Balaban J connectivity index is 1.47. The van der Waals surface area contributed by atoms with Crippen molar-refractivity contribution in [3.63, 3.8) is 0 Å². The minimum Gasteiger partial charge on any atom is -0.380 e. The molecule has 1 N–H and O–H groups in total. The van der Waals surface area contributed by atoms with E-state index in [-0.39, 0.29) is 18.1 Å². The van der Waals surface area contributed by atoms with E-state index in [9.17, 15) is 5.11 Å². The fraction of sp³-hybridized carbons (Fsp3) is 0.579. The SMILES string of the molecule is C[C@@H]1CN(Cc2ccccc2)C[C@H](c2noc(C(C)(O)C3CC3)n2)O1. The molecule has 1 saturated heterocycles. The Morgan fingerprint density at radius 2 is 2.00 bits per heavy atom. The largest absolute Gasteiger partial charge is 0.380 e. The molecule has 2 fully saturated rings. The molecule has 25 heavy (non-hydrogen) atoms. The summed E-state index contributed by atoms with van der Waals surface area (Å²) in [4.78, 5) is 6.81. The molecule has 2 heterocycles. The molecule has 4 rings (SSSR count). The normalized spacial score (nSPS) is 27.2. The molecule has 134 valence electrons. The van der Waals surface area contributed by atoms with E-state index >= 15 is 0 Å². The molecule has 6 heteroatoms. The topological polar surface area (TPSA) is 71.6 Å². The van der Waals surface area contributed by atoms with Crippen molar-refractivity contribution in [2.45, 2.75) is 51.0 Å². The Labute approximate surface area is 147 Å². The highest BCUT2D eigenvalue weighted by molar-refractivity contribution is 5.15. The average molecular weight is 343 g/mol. The van der Waals surface area contributed by atoms with E-state index in [0.29, 0.717) is 18.3 Å². The van der Waals surface area contributed by atoms with Crippen LogP contribution in [0.25, 0.3) is 0 Å². The second-order valence-electron chi connectivity index (χ2n) is 7.49. The maximum absolute atomic E-state index is 10.6. The number of benzene rings is 1. The Bertz CT molecular complexity index is 712. The third-order valence-corrected chi connectivity index (χ3v) is 5.12. The van der Waals surface area contributed by atoms with E-state index < -0.39 is 5.60 Å². The lowest BCUT2D eigenvalue weighted by Gasteiger charge is -2.35. The van der Waals surface area contributed by atoms with E-state index in [0.717, 1.165) is 25.9 Å². The first-order valence-corrected chi connectivity index (χ1v) is 9.00. The first kappa shape index (κ1) is 16.7. The predicted molar refractivity (Wildman–Crippen MR) is 91.6 cm³/mol. The van der Waals surface area contributed by atoms with Gasteiger partial charge in [-0.15, -0.1) is 0 Å². The molecule has 1 unspecified atom stereocenters. The number of hydrogen-bond acceptors (Lipinski definition) is 6. The summed E-state index contributed by atoms with van der Waals surface area (Å²) < 4.78 is 11.4. The van der Waals surface area contributed by atoms with Crippen molar-refractivity contribution < 1.29 is 14.4 Å². The summed E-state index contributed by atoms with van der Waals surface area (Å²) in [5, 5.41) is 14.7. The van der Waals surface area contributed by atoms with Crippen LogP contribution in [0.5, 0.6) is 0 Å². The molecular weight excluding hydrogens is 318 g/mol. The number of ether oxygens (including phenoxy) is 1. The molecule has 0 amide bonds. The van der Waals surface area contributed by atoms with Crippen molar-refractivity contribution in [1.82, 2.24) is 15.0 Å². The van der Waals surface area contributed by atoms with Gasteiger partial charge in [0.05, 0.1) is 6.10 Å². The molecule has 6 nitrogen and oxygen atoms in total. The zero-order chi connectivity index (χ0) is 17.4. The molecular formula is C19H25N3O3. The second-order valence-corrected chi connectivity index (χ2v) is 7.49. The molecule has 0 bridgehead atoms. The van der Waals surface area contributed by atoms with Crippen molar-refractivity contribution in [1.29, 1.82) is 0 Å². The summed E-state index contributed by atoms with van der Waals surface area (Å²) in [6.45, 7) is 6.27. The lowest BCUT2D eigenvalue weighted by atomic mass is 10.0. The van der Waals surface area contributed by atoms with Crippen LogP contribution in [0.2, 0.25) is 0 Å². The van der Waals surface area contributed by atoms with Gasteiger partial charge in [0.1, 0.15) is 11.7 Å². The molecule has 2 aliphatic rings. The van der Waals surface area contributed by atoms with Crippen LogP contribution in [0, 0.1) is 5.92 Å². The summed E-state index contributed by atoms with van der Waals surface area (Å²) in [7, 11) is 0. The zero-order valence-corrected chi connectivity index (χ0v) is 14.8. The van der Waals surface area contributed by atoms with E-state index in [1.54, 1.807) is 6.92 Å². The van der Waals surface area contributed by atoms with E-state index in [1.807, 2.05) is 6.07 Å². The summed E-state index contributed by atoms with van der Waals surface area (Å²) in [5.74, 6) is 1.06.